The molecule has 0 aliphatic carbocycles. The molecule has 0 aromatic heterocycles. The van der Waals surface area contributed by atoms with Gasteiger partial charge in [-0.2, -0.15) is 0 Å². The molecule has 1 nitrogen and oxygen atoms in total. The van der Waals surface area contributed by atoms with Crippen LogP contribution in [0.4, 0.5) is 11.4 Å². The maximum Gasteiger partial charge on any atom is 0.0384 e. The van der Waals surface area contributed by atoms with Crippen molar-refractivity contribution in [1.29, 1.82) is 0 Å². The molecule has 15 heavy (non-hydrogen) atoms. The van der Waals surface area contributed by atoms with Crippen molar-refractivity contribution in [3.8, 4) is 0 Å². The molecule has 1 N–H and O–H groups in total. The summed E-state index contributed by atoms with van der Waals surface area (Å²) in [7, 11) is 0. The molecule has 0 bridgehead atoms. The van der Waals surface area contributed by atoms with Gasteiger partial charge in [0.1, 0.15) is 0 Å². The highest BCUT2D eigenvalue weighted by Crippen LogP contribution is 2.19. The number of benzene rings is 2. The zero-order valence-corrected chi connectivity index (χ0v) is 9.80. The highest BCUT2D eigenvalue weighted by molar-refractivity contribution is 7.80. The van der Waals surface area contributed by atoms with Crippen molar-refractivity contribution in [3.63, 3.8) is 0 Å². The average molecular weight is 233 g/mol. The molecule has 76 valence electrons. The maximum atomic E-state index is 4.23. The SMILES string of the molecule is Sc1ccc(Nc2ccc(S)cc2)cc1. The first kappa shape index (κ1) is 10.5. The highest BCUT2D eigenvalue weighted by Gasteiger charge is 1.93. The van der Waals surface area contributed by atoms with Gasteiger partial charge in [0.25, 0.3) is 0 Å². The first-order chi connectivity index (χ1) is 7.24. The summed E-state index contributed by atoms with van der Waals surface area (Å²) in [6, 6.07) is 15.8. The standard InChI is InChI=1S/C12H11NS2/c14-11-5-1-9(2-6-11)13-10-3-7-12(15)8-4-10/h1-8,13-15H. The number of nitrogens with one attached hydrogen (secondary N) is 1. The number of hydrogen-bond acceptors (Lipinski definition) is 3. The van der Waals surface area contributed by atoms with Gasteiger partial charge in [-0.3, -0.25) is 0 Å². The van der Waals surface area contributed by atoms with Crippen LogP contribution in [0, 0.1) is 0 Å². The zero-order valence-electron chi connectivity index (χ0n) is 8.01. The minimum atomic E-state index is 0.964. The van der Waals surface area contributed by atoms with Gasteiger partial charge in [-0.1, -0.05) is 0 Å². The second-order valence-electron chi connectivity index (χ2n) is 3.22. The lowest BCUT2D eigenvalue weighted by atomic mass is 10.3. The quantitative estimate of drug-likeness (QED) is 0.666. The minimum absolute atomic E-state index is 0.964. The van der Waals surface area contributed by atoms with Crippen molar-refractivity contribution in [2.75, 3.05) is 5.32 Å². The minimum Gasteiger partial charge on any atom is -0.356 e. The largest absolute Gasteiger partial charge is 0.356 e. The zero-order chi connectivity index (χ0) is 10.7. The smallest absolute Gasteiger partial charge is 0.0384 e. The fraction of sp³-hybridized carbons (Fsp3) is 0. The fourth-order valence-corrected chi connectivity index (χ4v) is 1.55. The summed E-state index contributed by atoms with van der Waals surface area (Å²) in [6.07, 6.45) is 0. The molecule has 0 radical (unpaired) electrons. The number of anilines is 2. The van der Waals surface area contributed by atoms with E-state index < -0.39 is 0 Å². The van der Waals surface area contributed by atoms with Crippen LogP contribution in [-0.2, 0) is 0 Å². The Hall–Kier alpha value is -1.06. The number of thiol groups is 2. The lowest BCUT2D eigenvalue weighted by molar-refractivity contribution is 1.43. The molecular formula is C12H11NS2. The van der Waals surface area contributed by atoms with Crippen LogP contribution >= 0.6 is 25.3 Å². The molecule has 0 unspecified atom stereocenters. The predicted octanol–water partition coefficient (Wildman–Crippen LogP) is 4.01. The summed E-state index contributed by atoms with van der Waals surface area (Å²) in [5, 5.41) is 3.29. The lowest BCUT2D eigenvalue weighted by Crippen LogP contribution is -1.88. The molecule has 2 aromatic carbocycles. The van der Waals surface area contributed by atoms with Crippen LogP contribution in [0.1, 0.15) is 0 Å². The van der Waals surface area contributed by atoms with E-state index >= 15 is 0 Å². The van der Waals surface area contributed by atoms with Crippen LogP contribution in [0.3, 0.4) is 0 Å². The Morgan fingerprint density at radius 3 is 1.27 bits per heavy atom. The van der Waals surface area contributed by atoms with Gasteiger partial charge in [0.15, 0.2) is 0 Å². The Morgan fingerprint density at radius 2 is 0.933 bits per heavy atom. The number of hydrogen-bond donors (Lipinski definition) is 3. The summed E-state index contributed by atoms with van der Waals surface area (Å²) in [4.78, 5) is 1.93. The van der Waals surface area contributed by atoms with Crippen LogP contribution < -0.4 is 5.32 Å². The summed E-state index contributed by atoms with van der Waals surface area (Å²) in [5.41, 5.74) is 2.11. The van der Waals surface area contributed by atoms with Gasteiger partial charge in [-0.15, -0.1) is 25.3 Å². The molecule has 0 saturated carbocycles. The molecule has 0 spiro atoms. The summed E-state index contributed by atoms with van der Waals surface area (Å²) in [5.74, 6) is 0. The van der Waals surface area contributed by atoms with Crippen LogP contribution in [0.2, 0.25) is 0 Å². The summed E-state index contributed by atoms with van der Waals surface area (Å²) >= 11 is 8.47. The Labute approximate surface area is 100 Å². The van der Waals surface area contributed by atoms with Crippen molar-refractivity contribution in [2.24, 2.45) is 0 Å². The van der Waals surface area contributed by atoms with Crippen molar-refractivity contribution >= 4 is 36.6 Å². The molecule has 0 fully saturated rings. The molecule has 2 rings (SSSR count). The van der Waals surface area contributed by atoms with Gasteiger partial charge in [-0.25, -0.2) is 0 Å². The van der Waals surface area contributed by atoms with Crippen LogP contribution in [0.15, 0.2) is 58.3 Å². The average Bonchev–Trinajstić information content (AvgIpc) is 2.25. The van der Waals surface area contributed by atoms with Crippen LogP contribution in [-0.4, -0.2) is 0 Å². The van der Waals surface area contributed by atoms with Crippen molar-refractivity contribution in [1.82, 2.24) is 0 Å². The van der Waals surface area contributed by atoms with E-state index in [1.807, 2.05) is 48.5 Å². The lowest BCUT2D eigenvalue weighted by Gasteiger charge is -2.06. The van der Waals surface area contributed by atoms with E-state index in [4.69, 9.17) is 0 Å². The Kier molecular flexibility index (Phi) is 3.23. The molecular weight excluding hydrogens is 222 g/mol. The van der Waals surface area contributed by atoms with E-state index in [1.165, 1.54) is 0 Å². The first-order valence-electron chi connectivity index (χ1n) is 4.59. The van der Waals surface area contributed by atoms with Crippen LogP contribution in [0.5, 0.6) is 0 Å². The topological polar surface area (TPSA) is 12.0 Å². The second-order valence-corrected chi connectivity index (χ2v) is 4.25. The monoisotopic (exact) mass is 233 g/mol. The van der Waals surface area contributed by atoms with E-state index in [0.29, 0.717) is 0 Å². The highest BCUT2D eigenvalue weighted by atomic mass is 32.1. The van der Waals surface area contributed by atoms with E-state index in [0.717, 1.165) is 21.2 Å². The van der Waals surface area contributed by atoms with Crippen LogP contribution in [0.25, 0.3) is 0 Å². The van der Waals surface area contributed by atoms with Gasteiger partial charge >= 0.3 is 0 Å². The van der Waals surface area contributed by atoms with Crippen molar-refractivity contribution in [3.05, 3.63) is 48.5 Å². The maximum absolute atomic E-state index is 4.23. The summed E-state index contributed by atoms with van der Waals surface area (Å²) < 4.78 is 0. The normalized spacial score (nSPS) is 10.0. The molecule has 2 aromatic rings. The van der Waals surface area contributed by atoms with Crippen molar-refractivity contribution < 1.29 is 0 Å². The summed E-state index contributed by atoms with van der Waals surface area (Å²) in [6.45, 7) is 0. The third-order valence-corrected chi connectivity index (χ3v) is 2.62. The van der Waals surface area contributed by atoms with Gasteiger partial charge < -0.3 is 5.32 Å². The molecule has 0 amide bonds. The second kappa shape index (κ2) is 4.64. The third-order valence-electron chi connectivity index (χ3n) is 2.02. The van der Waals surface area contributed by atoms with Gasteiger partial charge in [0.05, 0.1) is 0 Å². The van der Waals surface area contributed by atoms with E-state index in [2.05, 4.69) is 30.6 Å². The van der Waals surface area contributed by atoms with Gasteiger partial charge in [-0.05, 0) is 48.5 Å². The van der Waals surface area contributed by atoms with Gasteiger partial charge in [0.2, 0.25) is 0 Å². The Morgan fingerprint density at radius 1 is 0.600 bits per heavy atom. The number of rotatable bonds is 2. The van der Waals surface area contributed by atoms with E-state index in [9.17, 15) is 0 Å². The third kappa shape index (κ3) is 2.94. The Balaban J connectivity index is 2.15. The predicted molar refractivity (Wildman–Crippen MR) is 70.7 cm³/mol. The molecule has 0 heterocycles. The fourth-order valence-electron chi connectivity index (χ4n) is 1.26. The molecule has 0 atom stereocenters. The molecule has 0 saturated heterocycles. The molecule has 0 aliphatic heterocycles. The van der Waals surface area contributed by atoms with E-state index in [1.54, 1.807) is 0 Å². The van der Waals surface area contributed by atoms with Crippen molar-refractivity contribution in [2.45, 2.75) is 9.79 Å². The molecule has 3 heteroatoms. The van der Waals surface area contributed by atoms with Gasteiger partial charge in [0, 0.05) is 21.2 Å². The Bertz CT molecular complexity index is 391. The first-order valence-corrected chi connectivity index (χ1v) is 5.48. The molecule has 0 aliphatic rings. The van der Waals surface area contributed by atoms with E-state index in [-0.39, 0.29) is 0 Å².